The summed E-state index contributed by atoms with van der Waals surface area (Å²) in [5.41, 5.74) is 2.16. The van der Waals surface area contributed by atoms with E-state index in [1.165, 1.54) is 0 Å². The van der Waals surface area contributed by atoms with Gasteiger partial charge in [0.25, 0.3) is 0 Å². The molecule has 2 aromatic carbocycles. The summed E-state index contributed by atoms with van der Waals surface area (Å²) in [7, 11) is 1.59. The van der Waals surface area contributed by atoms with Gasteiger partial charge in [0.15, 0.2) is 6.29 Å². The van der Waals surface area contributed by atoms with E-state index in [9.17, 15) is 5.11 Å². The van der Waals surface area contributed by atoms with Gasteiger partial charge in [-0.2, -0.15) is 0 Å². The first-order valence-electron chi connectivity index (χ1n) is 9.32. The highest BCUT2D eigenvalue weighted by atomic mass is 16.7. The van der Waals surface area contributed by atoms with Gasteiger partial charge in [0.1, 0.15) is 12.2 Å². The summed E-state index contributed by atoms with van der Waals surface area (Å²) in [4.78, 5) is 0. The molecule has 5 heteroatoms. The fraction of sp³-hybridized carbons (Fsp3) is 0.455. The van der Waals surface area contributed by atoms with Crippen molar-refractivity contribution < 1.29 is 24.1 Å². The molecule has 1 aliphatic rings. The molecule has 5 atom stereocenters. The first kappa shape index (κ1) is 20.0. The second-order valence-corrected chi connectivity index (χ2v) is 6.89. The monoisotopic (exact) mass is 372 g/mol. The molecule has 1 heterocycles. The van der Waals surface area contributed by atoms with Crippen molar-refractivity contribution in [2.45, 2.75) is 44.7 Å². The molecule has 3 rings (SSSR count). The van der Waals surface area contributed by atoms with Crippen LogP contribution in [0.3, 0.4) is 0 Å². The van der Waals surface area contributed by atoms with Crippen LogP contribution in [0.5, 0.6) is 0 Å². The maximum Gasteiger partial charge on any atom is 0.184 e. The van der Waals surface area contributed by atoms with E-state index >= 15 is 0 Å². The van der Waals surface area contributed by atoms with Crippen molar-refractivity contribution >= 4 is 0 Å². The van der Waals surface area contributed by atoms with Crippen molar-refractivity contribution in [2.75, 3.05) is 13.7 Å². The zero-order chi connectivity index (χ0) is 19.1. The lowest BCUT2D eigenvalue weighted by molar-refractivity contribution is -0.294. The quantitative estimate of drug-likeness (QED) is 0.771. The summed E-state index contributed by atoms with van der Waals surface area (Å²) in [6, 6.07) is 19.9. The summed E-state index contributed by atoms with van der Waals surface area (Å²) in [5, 5.41) is 10.7. The number of methoxy groups -OCH3 is 1. The first-order valence-corrected chi connectivity index (χ1v) is 9.32. The summed E-state index contributed by atoms with van der Waals surface area (Å²) in [5.74, 6) is -0.141. The Morgan fingerprint density at radius 1 is 0.926 bits per heavy atom. The van der Waals surface area contributed by atoms with Crippen LogP contribution in [-0.2, 0) is 32.2 Å². The van der Waals surface area contributed by atoms with E-state index < -0.39 is 18.5 Å². The lowest BCUT2D eigenvalue weighted by atomic mass is 9.90. The molecular weight excluding hydrogens is 344 g/mol. The molecule has 146 valence electrons. The van der Waals surface area contributed by atoms with Crippen molar-refractivity contribution in [1.29, 1.82) is 0 Å². The Labute approximate surface area is 160 Å². The molecule has 0 radical (unpaired) electrons. The van der Waals surface area contributed by atoms with E-state index in [2.05, 4.69) is 0 Å². The van der Waals surface area contributed by atoms with E-state index in [1.807, 2.05) is 67.6 Å². The first-order chi connectivity index (χ1) is 13.2. The van der Waals surface area contributed by atoms with Gasteiger partial charge in [0.05, 0.1) is 25.9 Å². The van der Waals surface area contributed by atoms with Crippen LogP contribution in [-0.4, -0.2) is 43.4 Å². The second-order valence-electron chi connectivity index (χ2n) is 6.89. The Kier molecular flexibility index (Phi) is 7.38. The molecule has 0 spiro atoms. The van der Waals surface area contributed by atoms with Crippen LogP contribution in [0.15, 0.2) is 60.7 Å². The van der Waals surface area contributed by atoms with Gasteiger partial charge >= 0.3 is 0 Å². The summed E-state index contributed by atoms with van der Waals surface area (Å²) in [6.45, 7) is 3.18. The number of hydrogen-bond acceptors (Lipinski definition) is 5. The smallest absolute Gasteiger partial charge is 0.184 e. The van der Waals surface area contributed by atoms with Gasteiger partial charge in [-0.3, -0.25) is 0 Å². The lowest BCUT2D eigenvalue weighted by Crippen LogP contribution is -2.56. The number of hydrogen-bond donors (Lipinski definition) is 1. The molecule has 5 nitrogen and oxygen atoms in total. The molecule has 1 aliphatic heterocycles. The fourth-order valence-electron chi connectivity index (χ4n) is 3.30. The predicted molar refractivity (Wildman–Crippen MR) is 102 cm³/mol. The number of rotatable bonds is 8. The van der Waals surface area contributed by atoms with Gasteiger partial charge in [0.2, 0.25) is 0 Å². The summed E-state index contributed by atoms with van der Waals surface area (Å²) >= 11 is 0. The van der Waals surface area contributed by atoms with Gasteiger partial charge in [-0.25, -0.2) is 0 Å². The molecule has 0 aliphatic carbocycles. The zero-order valence-electron chi connectivity index (χ0n) is 15.9. The van der Waals surface area contributed by atoms with E-state index in [4.69, 9.17) is 18.9 Å². The minimum absolute atomic E-state index is 0.141. The molecule has 2 aromatic rings. The van der Waals surface area contributed by atoms with Gasteiger partial charge in [-0.05, 0) is 11.1 Å². The van der Waals surface area contributed by atoms with Crippen LogP contribution in [0.1, 0.15) is 18.1 Å². The number of ether oxygens (including phenoxy) is 4. The van der Waals surface area contributed by atoms with Crippen molar-refractivity contribution in [1.82, 2.24) is 0 Å². The maximum absolute atomic E-state index is 10.7. The van der Waals surface area contributed by atoms with Crippen LogP contribution in [0, 0.1) is 5.92 Å². The van der Waals surface area contributed by atoms with Crippen LogP contribution in [0.2, 0.25) is 0 Å². The zero-order valence-corrected chi connectivity index (χ0v) is 15.9. The van der Waals surface area contributed by atoms with Crippen LogP contribution in [0.4, 0.5) is 0 Å². The molecule has 2 unspecified atom stereocenters. The third-order valence-corrected chi connectivity index (χ3v) is 4.93. The van der Waals surface area contributed by atoms with Gasteiger partial charge < -0.3 is 24.1 Å². The second kappa shape index (κ2) is 9.97. The normalized spacial score (nSPS) is 28.2. The van der Waals surface area contributed by atoms with E-state index in [0.717, 1.165) is 11.1 Å². The maximum atomic E-state index is 10.7. The van der Waals surface area contributed by atoms with Gasteiger partial charge in [0, 0.05) is 13.0 Å². The van der Waals surface area contributed by atoms with Crippen molar-refractivity contribution in [3.63, 3.8) is 0 Å². The van der Waals surface area contributed by atoms with Crippen LogP contribution >= 0.6 is 0 Å². The Morgan fingerprint density at radius 3 is 2.11 bits per heavy atom. The molecule has 1 fully saturated rings. The Bertz CT molecular complexity index is 659. The van der Waals surface area contributed by atoms with Crippen molar-refractivity contribution in [3.05, 3.63) is 71.8 Å². The summed E-state index contributed by atoms with van der Waals surface area (Å²) in [6.07, 6.45) is -2.04. The third kappa shape index (κ3) is 5.37. The molecule has 0 saturated carbocycles. The average Bonchev–Trinajstić information content (AvgIpc) is 2.72. The standard InChI is InChI=1S/C22H28O5/c1-16-20(23)19(15-25-13-17-9-5-3-6-10-17)27-22(24-2)21(16)26-14-18-11-7-4-8-12-18/h3-12,16,19-23H,13-15H2,1-2H3/t16?,19-,20+,21?,22+/m1/s1. The van der Waals surface area contributed by atoms with Crippen LogP contribution < -0.4 is 0 Å². The minimum atomic E-state index is -0.687. The van der Waals surface area contributed by atoms with Crippen molar-refractivity contribution in [2.24, 2.45) is 5.92 Å². The van der Waals surface area contributed by atoms with Gasteiger partial charge in [-0.15, -0.1) is 0 Å². The molecule has 1 saturated heterocycles. The molecule has 0 bridgehead atoms. The largest absolute Gasteiger partial charge is 0.390 e. The van der Waals surface area contributed by atoms with E-state index in [0.29, 0.717) is 19.8 Å². The van der Waals surface area contributed by atoms with Gasteiger partial charge in [-0.1, -0.05) is 67.6 Å². The Hall–Kier alpha value is -1.76. The fourth-order valence-corrected chi connectivity index (χ4v) is 3.30. The van der Waals surface area contributed by atoms with Crippen molar-refractivity contribution in [3.8, 4) is 0 Å². The highest BCUT2D eigenvalue weighted by Crippen LogP contribution is 2.29. The molecule has 27 heavy (non-hydrogen) atoms. The Balaban J connectivity index is 1.54. The molecule has 1 N–H and O–H groups in total. The number of aliphatic hydroxyl groups excluding tert-OH is 1. The topological polar surface area (TPSA) is 57.2 Å². The lowest BCUT2D eigenvalue weighted by Gasteiger charge is -2.42. The third-order valence-electron chi connectivity index (χ3n) is 4.93. The Morgan fingerprint density at radius 2 is 1.52 bits per heavy atom. The van der Waals surface area contributed by atoms with E-state index in [-0.39, 0.29) is 12.0 Å². The minimum Gasteiger partial charge on any atom is -0.390 e. The highest BCUT2D eigenvalue weighted by molar-refractivity contribution is 5.14. The van der Waals surface area contributed by atoms with E-state index in [1.54, 1.807) is 7.11 Å². The summed E-state index contributed by atoms with van der Waals surface area (Å²) < 4.78 is 23.2. The average molecular weight is 372 g/mol. The predicted octanol–water partition coefficient (Wildman–Crippen LogP) is 3.16. The highest BCUT2D eigenvalue weighted by Gasteiger charge is 2.43. The SMILES string of the molecule is CO[C@H]1O[C@H](COCc2ccccc2)[C@@H](O)C(C)C1OCc1ccccc1. The number of aliphatic hydroxyl groups is 1. The van der Waals surface area contributed by atoms with Crippen LogP contribution in [0.25, 0.3) is 0 Å². The molecule has 0 aromatic heterocycles. The molecule has 0 amide bonds. The molecular formula is C22H28O5. The number of benzene rings is 2.